The quantitative estimate of drug-likeness (QED) is 0.824. The molecular formula is C14H19BrFNO2. The molecule has 1 aromatic carbocycles. The maximum absolute atomic E-state index is 13.7. The highest BCUT2D eigenvalue weighted by molar-refractivity contribution is 9.10. The highest BCUT2D eigenvalue weighted by atomic mass is 79.9. The number of benzene rings is 1. The summed E-state index contributed by atoms with van der Waals surface area (Å²) in [5.41, 5.74) is -0.0950. The van der Waals surface area contributed by atoms with Gasteiger partial charge in [-0.2, -0.15) is 0 Å². The van der Waals surface area contributed by atoms with E-state index in [1.807, 2.05) is 6.92 Å². The van der Waals surface area contributed by atoms with Gasteiger partial charge in [0.15, 0.2) is 0 Å². The number of halogens is 2. The van der Waals surface area contributed by atoms with Crippen LogP contribution in [0.3, 0.4) is 0 Å². The summed E-state index contributed by atoms with van der Waals surface area (Å²) in [7, 11) is 0. The van der Waals surface area contributed by atoms with Crippen LogP contribution in [-0.2, 0) is 11.3 Å². The molecule has 0 aromatic heterocycles. The molecule has 106 valence electrons. The fraction of sp³-hybridized carbons (Fsp3) is 0.500. The van der Waals surface area contributed by atoms with Gasteiger partial charge in [0.25, 0.3) is 0 Å². The summed E-state index contributed by atoms with van der Waals surface area (Å²) < 4.78 is 19.7. The Morgan fingerprint density at radius 1 is 1.42 bits per heavy atom. The fourth-order valence-corrected chi connectivity index (χ4v) is 1.91. The first kappa shape index (κ1) is 16.0. The molecule has 0 unspecified atom stereocenters. The van der Waals surface area contributed by atoms with Gasteiger partial charge in [-0.15, -0.1) is 0 Å². The van der Waals surface area contributed by atoms with Crippen LogP contribution in [0.4, 0.5) is 9.18 Å². The van der Waals surface area contributed by atoms with E-state index in [1.165, 1.54) is 11.0 Å². The van der Waals surface area contributed by atoms with Gasteiger partial charge in [-0.05, 0) is 45.9 Å². The third-order valence-corrected chi connectivity index (χ3v) is 2.90. The van der Waals surface area contributed by atoms with Crippen molar-refractivity contribution >= 4 is 22.0 Å². The van der Waals surface area contributed by atoms with Crippen molar-refractivity contribution in [2.45, 2.75) is 39.8 Å². The average Bonchev–Trinajstić information content (AvgIpc) is 2.27. The molecule has 5 heteroatoms. The lowest BCUT2D eigenvalue weighted by molar-refractivity contribution is 0.0243. The Morgan fingerprint density at radius 2 is 2.05 bits per heavy atom. The normalized spacial score (nSPS) is 11.3. The van der Waals surface area contributed by atoms with Gasteiger partial charge in [0.2, 0.25) is 0 Å². The van der Waals surface area contributed by atoms with E-state index in [1.54, 1.807) is 32.9 Å². The molecule has 0 saturated carbocycles. The lowest BCUT2D eigenvalue weighted by atomic mass is 10.2. The highest BCUT2D eigenvalue weighted by Gasteiger charge is 2.22. The summed E-state index contributed by atoms with van der Waals surface area (Å²) in [6, 6.07) is 4.67. The third-order valence-electron chi connectivity index (χ3n) is 2.40. The largest absolute Gasteiger partial charge is 0.444 e. The highest BCUT2D eigenvalue weighted by Crippen LogP contribution is 2.18. The molecule has 0 radical (unpaired) electrons. The van der Waals surface area contributed by atoms with Crippen LogP contribution in [0.1, 0.15) is 33.3 Å². The van der Waals surface area contributed by atoms with Crippen molar-refractivity contribution in [3.05, 3.63) is 34.1 Å². The van der Waals surface area contributed by atoms with E-state index in [0.717, 1.165) is 4.47 Å². The minimum Gasteiger partial charge on any atom is -0.444 e. The zero-order chi connectivity index (χ0) is 14.6. The molecule has 3 nitrogen and oxygen atoms in total. The predicted molar refractivity (Wildman–Crippen MR) is 76.4 cm³/mol. The van der Waals surface area contributed by atoms with E-state index >= 15 is 0 Å². The summed E-state index contributed by atoms with van der Waals surface area (Å²) in [6.07, 6.45) is -0.436. The van der Waals surface area contributed by atoms with E-state index in [0.29, 0.717) is 12.1 Å². The van der Waals surface area contributed by atoms with Gasteiger partial charge in [0, 0.05) is 16.6 Å². The molecule has 0 bridgehead atoms. The summed E-state index contributed by atoms with van der Waals surface area (Å²) in [5.74, 6) is -0.329. The molecule has 0 heterocycles. The Balaban J connectivity index is 2.82. The third kappa shape index (κ3) is 5.19. The van der Waals surface area contributed by atoms with Gasteiger partial charge < -0.3 is 9.64 Å². The van der Waals surface area contributed by atoms with Crippen LogP contribution >= 0.6 is 15.9 Å². The van der Waals surface area contributed by atoms with Crippen LogP contribution in [-0.4, -0.2) is 23.1 Å². The maximum Gasteiger partial charge on any atom is 0.410 e. The van der Waals surface area contributed by atoms with E-state index in [4.69, 9.17) is 4.74 Å². The second-order valence-corrected chi connectivity index (χ2v) is 6.15. The lowest BCUT2D eigenvalue weighted by Gasteiger charge is -2.26. The summed E-state index contributed by atoms with van der Waals surface area (Å²) in [4.78, 5) is 13.4. The van der Waals surface area contributed by atoms with Crippen molar-refractivity contribution in [3.63, 3.8) is 0 Å². The molecule has 0 aliphatic rings. The minimum absolute atomic E-state index is 0.191. The summed E-state index contributed by atoms with van der Waals surface area (Å²) in [5, 5.41) is 0. The van der Waals surface area contributed by atoms with Gasteiger partial charge in [-0.1, -0.05) is 15.9 Å². The molecule has 0 fully saturated rings. The van der Waals surface area contributed by atoms with E-state index in [-0.39, 0.29) is 12.4 Å². The standard InChI is InChI=1S/C14H19BrFNO2/c1-5-17(13(18)19-14(2,3)4)9-10-8-11(15)6-7-12(10)16/h6-8H,5,9H2,1-4H3. The number of carbonyl (C=O) groups excluding carboxylic acids is 1. The van der Waals surface area contributed by atoms with Gasteiger partial charge >= 0.3 is 6.09 Å². The van der Waals surface area contributed by atoms with E-state index < -0.39 is 11.7 Å². The van der Waals surface area contributed by atoms with Crippen LogP contribution in [0.15, 0.2) is 22.7 Å². The first-order valence-corrected chi connectivity index (χ1v) is 6.94. The van der Waals surface area contributed by atoms with E-state index in [9.17, 15) is 9.18 Å². The zero-order valence-electron chi connectivity index (χ0n) is 11.7. The minimum atomic E-state index is -0.555. The predicted octanol–water partition coefficient (Wildman–Crippen LogP) is 4.35. The van der Waals surface area contributed by atoms with Crippen LogP contribution < -0.4 is 0 Å². The first-order valence-electron chi connectivity index (χ1n) is 6.15. The van der Waals surface area contributed by atoms with Gasteiger partial charge in [-0.3, -0.25) is 0 Å². The summed E-state index contributed by atoms with van der Waals surface area (Å²) in [6.45, 7) is 7.90. The number of hydrogen-bond acceptors (Lipinski definition) is 2. The number of carbonyl (C=O) groups is 1. The van der Waals surface area contributed by atoms with Gasteiger partial charge in [0.1, 0.15) is 11.4 Å². The number of rotatable bonds is 3. The van der Waals surface area contributed by atoms with Crippen molar-refractivity contribution in [2.75, 3.05) is 6.54 Å². The molecule has 0 saturated heterocycles. The molecule has 0 aliphatic carbocycles. The molecular weight excluding hydrogens is 313 g/mol. The van der Waals surface area contributed by atoms with E-state index in [2.05, 4.69) is 15.9 Å². The second kappa shape index (κ2) is 6.37. The Morgan fingerprint density at radius 3 is 2.58 bits per heavy atom. The maximum atomic E-state index is 13.7. The molecule has 1 rings (SSSR count). The van der Waals surface area contributed by atoms with Crippen LogP contribution in [0, 0.1) is 5.82 Å². The molecule has 0 aliphatic heterocycles. The molecule has 0 spiro atoms. The number of nitrogens with zero attached hydrogens (tertiary/aromatic N) is 1. The number of ether oxygens (including phenoxy) is 1. The van der Waals surface area contributed by atoms with Crippen molar-refractivity contribution in [2.24, 2.45) is 0 Å². The Kier molecular flexibility index (Phi) is 5.35. The lowest BCUT2D eigenvalue weighted by Crippen LogP contribution is -2.36. The smallest absolute Gasteiger partial charge is 0.410 e. The molecule has 1 aromatic rings. The average molecular weight is 332 g/mol. The number of amides is 1. The van der Waals surface area contributed by atoms with Crippen LogP contribution in [0.5, 0.6) is 0 Å². The molecule has 1 amide bonds. The molecule has 0 N–H and O–H groups in total. The van der Waals surface area contributed by atoms with Crippen LogP contribution in [0.25, 0.3) is 0 Å². The Hall–Kier alpha value is -1.10. The van der Waals surface area contributed by atoms with Crippen LogP contribution in [0.2, 0.25) is 0 Å². The first-order chi connectivity index (χ1) is 8.73. The topological polar surface area (TPSA) is 29.5 Å². The monoisotopic (exact) mass is 331 g/mol. The fourth-order valence-electron chi connectivity index (χ4n) is 1.50. The van der Waals surface area contributed by atoms with Crippen molar-refractivity contribution in [3.8, 4) is 0 Å². The van der Waals surface area contributed by atoms with Crippen molar-refractivity contribution in [1.82, 2.24) is 4.90 Å². The zero-order valence-corrected chi connectivity index (χ0v) is 13.3. The molecule has 0 atom stereocenters. The Bertz CT molecular complexity index is 457. The van der Waals surface area contributed by atoms with Gasteiger partial charge in [-0.25, -0.2) is 9.18 Å². The summed E-state index contributed by atoms with van der Waals surface area (Å²) >= 11 is 3.29. The van der Waals surface area contributed by atoms with Crippen molar-refractivity contribution in [1.29, 1.82) is 0 Å². The Labute approximate surface area is 121 Å². The van der Waals surface area contributed by atoms with Crippen molar-refractivity contribution < 1.29 is 13.9 Å². The SMILES string of the molecule is CCN(Cc1cc(Br)ccc1F)C(=O)OC(C)(C)C. The number of hydrogen-bond donors (Lipinski definition) is 0. The molecule has 19 heavy (non-hydrogen) atoms. The second-order valence-electron chi connectivity index (χ2n) is 5.23. The van der Waals surface area contributed by atoms with Gasteiger partial charge in [0.05, 0.1) is 6.54 Å².